The first-order valence-corrected chi connectivity index (χ1v) is 7.23. The molecule has 1 N–H and O–H groups in total. The molecule has 3 nitrogen and oxygen atoms in total. The average molecular weight is 247 g/mol. The molecule has 3 heteroatoms. The smallest absolute Gasteiger partial charge is 0.0300 e. The standard InChI is InChI=1S/C15H25N3/c1-2-8-17-15-6-11-18(12-7-15)10-5-14-4-3-9-16-13-14/h3-4,9,13,15,17H,2,5-8,10-12H2,1H3. The van der Waals surface area contributed by atoms with E-state index in [1.165, 1.54) is 51.0 Å². The van der Waals surface area contributed by atoms with E-state index in [1.54, 1.807) is 0 Å². The number of nitrogens with one attached hydrogen (secondary N) is 1. The van der Waals surface area contributed by atoms with Gasteiger partial charge < -0.3 is 10.2 Å². The van der Waals surface area contributed by atoms with Crippen molar-refractivity contribution in [3.63, 3.8) is 0 Å². The van der Waals surface area contributed by atoms with Crippen molar-refractivity contribution in [3.05, 3.63) is 30.1 Å². The van der Waals surface area contributed by atoms with Crippen LogP contribution in [0.5, 0.6) is 0 Å². The molecule has 18 heavy (non-hydrogen) atoms. The summed E-state index contributed by atoms with van der Waals surface area (Å²) in [6.45, 7) is 7.05. The van der Waals surface area contributed by atoms with Crippen LogP contribution in [-0.4, -0.2) is 42.1 Å². The SMILES string of the molecule is CCCNC1CCN(CCc2cccnc2)CC1. The van der Waals surface area contributed by atoms with E-state index >= 15 is 0 Å². The zero-order chi connectivity index (χ0) is 12.6. The lowest BCUT2D eigenvalue weighted by molar-refractivity contribution is 0.200. The molecule has 1 aliphatic rings. The van der Waals surface area contributed by atoms with Crippen molar-refractivity contribution in [2.75, 3.05) is 26.2 Å². The van der Waals surface area contributed by atoms with Crippen molar-refractivity contribution in [2.24, 2.45) is 0 Å². The number of nitrogens with zero attached hydrogens (tertiary/aromatic N) is 2. The minimum atomic E-state index is 0.750. The average Bonchev–Trinajstić information content (AvgIpc) is 2.45. The molecule has 2 heterocycles. The van der Waals surface area contributed by atoms with Gasteiger partial charge in [0.25, 0.3) is 0 Å². The molecule has 1 aromatic rings. The first kappa shape index (κ1) is 13.5. The van der Waals surface area contributed by atoms with Gasteiger partial charge in [-0.05, 0) is 56.9 Å². The molecular weight excluding hydrogens is 222 g/mol. The first-order valence-electron chi connectivity index (χ1n) is 7.23. The number of aromatic nitrogens is 1. The molecule has 0 amide bonds. The molecule has 1 aromatic heterocycles. The van der Waals surface area contributed by atoms with Crippen molar-refractivity contribution in [1.29, 1.82) is 0 Å². The zero-order valence-electron chi connectivity index (χ0n) is 11.4. The molecule has 0 aromatic carbocycles. The van der Waals surface area contributed by atoms with Gasteiger partial charge in [0.05, 0.1) is 0 Å². The third-order valence-corrected chi connectivity index (χ3v) is 3.71. The Labute approximate surface area is 111 Å². The number of rotatable bonds is 6. The summed E-state index contributed by atoms with van der Waals surface area (Å²) in [5.74, 6) is 0. The van der Waals surface area contributed by atoms with E-state index < -0.39 is 0 Å². The molecule has 0 aliphatic carbocycles. The molecule has 0 atom stereocenters. The lowest BCUT2D eigenvalue weighted by Crippen LogP contribution is -2.43. The van der Waals surface area contributed by atoms with Crippen LogP contribution in [0.1, 0.15) is 31.7 Å². The number of hydrogen-bond donors (Lipinski definition) is 1. The number of piperidine rings is 1. The minimum absolute atomic E-state index is 0.750. The Morgan fingerprint density at radius 1 is 1.39 bits per heavy atom. The van der Waals surface area contributed by atoms with Crippen molar-refractivity contribution in [3.8, 4) is 0 Å². The van der Waals surface area contributed by atoms with E-state index in [1.807, 2.05) is 18.5 Å². The van der Waals surface area contributed by atoms with Gasteiger partial charge in [0.1, 0.15) is 0 Å². The lowest BCUT2D eigenvalue weighted by atomic mass is 10.0. The highest BCUT2D eigenvalue weighted by Crippen LogP contribution is 2.11. The van der Waals surface area contributed by atoms with Crippen LogP contribution in [0, 0.1) is 0 Å². The van der Waals surface area contributed by atoms with Crippen LogP contribution in [0.3, 0.4) is 0 Å². The third-order valence-electron chi connectivity index (χ3n) is 3.71. The summed E-state index contributed by atoms with van der Waals surface area (Å²) < 4.78 is 0. The summed E-state index contributed by atoms with van der Waals surface area (Å²) >= 11 is 0. The van der Waals surface area contributed by atoms with E-state index in [-0.39, 0.29) is 0 Å². The van der Waals surface area contributed by atoms with Gasteiger partial charge in [0, 0.05) is 25.0 Å². The van der Waals surface area contributed by atoms with Gasteiger partial charge in [-0.1, -0.05) is 13.0 Å². The van der Waals surface area contributed by atoms with Crippen molar-refractivity contribution in [2.45, 2.75) is 38.6 Å². The minimum Gasteiger partial charge on any atom is -0.314 e. The second kappa shape index (κ2) is 7.49. The van der Waals surface area contributed by atoms with E-state index in [0.29, 0.717) is 0 Å². The molecule has 1 aliphatic heterocycles. The zero-order valence-corrected chi connectivity index (χ0v) is 11.4. The van der Waals surface area contributed by atoms with Crippen LogP contribution in [-0.2, 0) is 6.42 Å². The van der Waals surface area contributed by atoms with Gasteiger partial charge in [-0.15, -0.1) is 0 Å². The van der Waals surface area contributed by atoms with Gasteiger partial charge in [0.15, 0.2) is 0 Å². The largest absolute Gasteiger partial charge is 0.314 e. The summed E-state index contributed by atoms with van der Waals surface area (Å²) in [5, 5.41) is 3.63. The highest BCUT2D eigenvalue weighted by molar-refractivity contribution is 5.08. The fraction of sp³-hybridized carbons (Fsp3) is 0.667. The highest BCUT2D eigenvalue weighted by Gasteiger charge is 2.17. The molecule has 1 fully saturated rings. The molecule has 2 rings (SSSR count). The highest BCUT2D eigenvalue weighted by atomic mass is 15.1. The molecule has 0 saturated carbocycles. The summed E-state index contributed by atoms with van der Waals surface area (Å²) in [6.07, 6.45) is 8.78. The Bertz CT molecular complexity index is 318. The van der Waals surface area contributed by atoms with Gasteiger partial charge >= 0.3 is 0 Å². The van der Waals surface area contributed by atoms with Crippen LogP contribution in [0.25, 0.3) is 0 Å². The molecule has 0 bridgehead atoms. The van der Waals surface area contributed by atoms with Gasteiger partial charge in [-0.25, -0.2) is 0 Å². The van der Waals surface area contributed by atoms with E-state index in [2.05, 4.69) is 28.2 Å². The van der Waals surface area contributed by atoms with Gasteiger partial charge in [-0.2, -0.15) is 0 Å². The molecule has 1 saturated heterocycles. The predicted octanol–water partition coefficient (Wildman–Crippen LogP) is 2.09. The number of hydrogen-bond acceptors (Lipinski definition) is 3. The maximum absolute atomic E-state index is 4.17. The van der Waals surface area contributed by atoms with Crippen LogP contribution in [0.15, 0.2) is 24.5 Å². The van der Waals surface area contributed by atoms with Crippen LogP contribution in [0.4, 0.5) is 0 Å². The summed E-state index contributed by atoms with van der Waals surface area (Å²) in [4.78, 5) is 6.75. The Morgan fingerprint density at radius 3 is 2.89 bits per heavy atom. The maximum Gasteiger partial charge on any atom is 0.0300 e. The van der Waals surface area contributed by atoms with E-state index in [9.17, 15) is 0 Å². The monoisotopic (exact) mass is 247 g/mol. The summed E-state index contributed by atoms with van der Waals surface area (Å²) in [5.41, 5.74) is 1.35. The van der Waals surface area contributed by atoms with Crippen LogP contribution >= 0.6 is 0 Å². The molecular formula is C15H25N3. The quantitative estimate of drug-likeness (QED) is 0.834. The Balaban J connectivity index is 1.65. The normalized spacial score (nSPS) is 18.1. The van der Waals surface area contributed by atoms with E-state index in [0.717, 1.165) is 12.5 Å². The lowest BCUT2D eigenvalue weighted by Gasteiger charge is -2.32. The van der Waals surface area contributed by atoms with Gasteiger partial charge in [0.2, 0.25) is 0 Å². The Kier molecular flexibility index (Phi) is 5.62. The van der Waals surface area contributed by atoms with Crippen LogP contribution in [0.2, 0.25) is 0 Å². The molecule has 0 radical (unpaired) electrons. The molecule has 100 valence electrons. The van der Waals surface area contributed by atoms with Crippen LogP contribution < -0.4 is 5.32 Å². The van der Waals surface area contributed by atoms with Crippen molar-refractivity contribution >= 4 is 0 Å². The summed E-state index contributed by atoms with van der Waals surface area (Å²) in [6, 6.07) is 4.94. The van der Waals surface area contributed by atoms with Crippen molar-refractivity contribution < 1.29 is 0 Å². The Morgan fingerprint density at radius 2 is 2.22 bits per heavy atom. The summed E-state index contributed by atoms with van der Waals surface area (Å²) in [7, 11) is 0. The van der Waals surface area contributed by atoms with Gasteiger partial charge in [-0.3, -0.25) is 4.98 Å². The topological polar surface area (TPSA) is 28.2 Å². The number of pyridine rings is 1. The second-order valence-electron chi connectivity index (χ2n) is 5.18. The molecule has 0 unspecified atom stereocenters. The predicted molar refractivity (Wildman–Crippen MR) is 75.7 cm³/mol. The Hall–Kier alpha value is -0.930. The van der Waals surface area contributed by atoms with Crippen molar-refractivity contribution in [1.82, 2.24) is 15.2 Å². The van der Waals surface area contributed by atoms with E-state index in [4.69, 9.17) is 0 Å². The second-order valence-corrected chi connectivity index (χ2v) is 5.18. The number of likely N-dealkylation sites (tertiary alicyclic amines) is 1. The first-order chi connectivity index (χ1) is 8.88. The maximum atomic E-state index is 4.17. The molecule has 0 spiro atoms. The fourth-order valence-corrected chi connectivity index (χ4v) is 2.54. The third kappa shape index (κ3) is 4.39. The fourth-order valence-electron chi connectivity index (χ4n) is 2.54.